The molecule has 0 spiro atoms. The van der Waals surface area contributed by atoms with Gasteiger partial charge in [-0.05, 0) is 48.0 Å². The number of aromatic amines is 1. The lowest BCUT2D eigenvalue weighted by molar-refractivity contribution is -0.117. The standard InChI is InChI=1S/C20H17N3O3/c1-26-14-5-2-4-13(11-14)23-17-8-7-12(19(21)24)10-15(17)18(20(23)25)16-6-3-9-22-16/h2-11,18,22H,1H3,(H2,21,24). The molecule has 3 N–H and O–H groups in total. The van der Waals surface area contributed by atoms with E-state index in [1.165, 1.54) is 0 Å². The van der Waals surface area contributed by atoms with Gasteiger partial charge < -0.3 is 15.5 Å². The molecule has 0 aliphatic carbocycles. The molecule has 0 fully saturated rings. The Hall–Kier alpha value is -3.54. The van der Waals surface area contributed by atoms with Crippen molar-refractivity contribution in [3.05, 3.63) is 77.6 Å². The topological polar surface area (TPSA) is 88.4 Å². The molecule has 3 aromatic rings. The molecule has 1 aliphatic heterocycles. The number of amides is 2. The van der Waals surface area contributed by atoms with E-state index in [0.29, 0.717) is 17.0 Å². The summed E-state index contributed by atoms with van der Waals surface area (Å²) in [5.74, 6) is -0.484. The molecule has 1 atom stereocenters. The molecular weight excluding hydrogens is 330 g/mol. The Morgan fingerprint density at radius 3 is 2.69 bits per heavy atom. The van der Waals surface area contributed by atoms with Gasteiger partial charge >= 0.3 is 0 Å². The molecule has 4 rings (SSSR count). The Kier molecular flexibility index (Phi) is 3.73. The van der Waals surface area contributed by atoms with Gasteiger partial charge in [-0.3, -0.25) is 14.5 Å². The van der Waals surface area contributed by atoms with Gasteiger partial charge in [-0.15, -0.1) is 0 Å². The summed E-state index contributed by atoms with van der Waals surface area (Å²) in [6.07, 6.45) is 1.77. The Morgan fingerprint density at radius 1 is 1.15 bits per heavy atom. The van der Waals surface area contributed by atoms with Gasteiger partial charge in [0, 0.05) is 23.5 Å². The minimum Gasteiger partial charge on any atom is -0.497 e. The lowest BCUT2D eigenvalue weighted by Gasteiger charge is -2.19. The minimum absolute atomic E-state index is 0.0997. The van der Waals surface area contributed by atoms with Gasteiger partial charge in [0.2, 0.25) is 11.8 Å². The van der Waals surface area contributed by atoms with Gasteiger partial charge in [0.15, 0.2) is 0 Å². The summed E-state index contributed by atoms with van der Waals surface area (Å²) in [6, 6.07) is 16.1. The van der Waals surface area contributed by atoms with Gasteiger partial charge in [-0.25, -0.2) is 0 Å². The van der Waals surface area contributed by atoms with Gasteiger partial charge in [-0.2, -0.15) is 0 Å². The molecule has 2 amide bonds. The van der Waals surface area contributed by atoms with E-state index in [0.717, 1.165) is 16.9 Å². The summed E-state index contributed by atoms with van der Waals surface area (Å²) in [6.45, 7) is 0. The van der Waals surface area contributed by atoms with Crippen molar-refractivity contribution in [1.82, 2.24) is 4.98 Å². The number of H-pyrrole nitrogens is 1. The number of primary amides is 1. The van der Waals surface area contributed by atoms with Crippen molar-refractivity contribution >= 4 is 23.2 Å². The lowest BCUT2D eigenvalue weighted by atomic mass is 9.95. The zero-order chi connectivity index (χ0) is 18.3. The molecule has 0 radical (unpaired) electrons. The van der Waals surface area contributed by atoms with Gasteiger partial charge in [0.25, 0.3) is 0 Å². The van der Waals surface area contributed by atoms with Crippen LogP contribution < -0.4 is 15.4 Å². The Morgan fingerprint density at radius 2 is 2.00 bits per heavy atom. The van der Waals surface area contributed by atoms with Gasteiger partial charge in [0.05, 0.1) is 18.5 Å². The maximum absolute atomic E-state index is 13.3. The van der Waals surface area contributed by atoms with Crippen molar-refractivity contribution in [3.8, 4) is 5.75 Å². The Bertz CT molecular complexity index is 995. The Balaban J connectivity index is 1.90. The number of nitrogens with two attached hydrogens (primary N) is 1. The molecule has 1 aromatic heterocycles. The maximum Gasteiger partial charge on any atom is 0.248 e. The zero-order valence-electron chi connectivity index (χ0n) is 14.1. The average molecular weight is 347 g/mol. The van der Waals surface area contributed by atoms with Crippen molar-refractivity contribution in [2.45, 2.75) is 5.92 Å². The predicted molar refractivity (Wildman–Crippen MR) is 97.7 cm³/mol. The molecule has 6 heteroatoms. The first-order valence-electron chi connectivity index (χ1n) is 8.15. The molecule has 130 valence electrons. The number of benzene rings is 2. The molecule has 6 nitrogen and oxygen atoms in total. The number of anilines is 2. The number of nitrogens with zero attached hydrogens (tertiary/aromatic N) is 1. The summed E-state index contributed by atoms with van der Waals surface area (Å²) in [5.41, 5.74) is 8.75. The van der Waals surface area contributed by atoms with Crippen LogP contribution in [0, 0.1) is 0 Å². The van der Waals surface area contributed by atoms with Crippen LogP contribution in [-0.4, -0.2) is 23.9 Å². The second-order valence-corrected chi connectivity index (χ2v) is 6.07. The average Bonchev–Trinajstić information content (AvgIpc) is 3.26. The van der Waals surface area contributed by atoms with Crippen LogP contribution >= 0.6 is 0 Å². The number of hydrogen-bond acceptors (Lipinski definition) is 3. The smallest absolute Gasteiger partial charge is 0.248 e. The van der Waals surface area contributed by atoms with Crippen LogP contribution in [0.1, 0.15) is 27.5 Å². The van der Waals surface area contributed by atoms with E-state index in [2.05, 4.69) is 4.98 Å². The third kappa shape index (κ3) is 2.43. The fourth-order valence-corrected chi connectivity index (χ4v) is 3.36. The fourth-order valence-electron chi connectivity index (χ4n) is 3.36. The van der Waals surface area contributed by atoms with E-state index in [4.69, 9.17) is 10.5 Å². The normalized spacial score (nSPS) is 15.8. The third-order valence-corrected chi connectivity index (χ3v) is 4.58. The highest BCUT2D eigenvalue weighted by Crippen LogP contribution is 2.45. The van der Waals surface area contributed by atoms with E-state index in [1.54, 1.807) is 42.5 Å². The largest absolute Gasteiger partial charge is 0.497 e. The highest BCUT2D eigenvalue weighted by atomic mass is 16.5. The lowest BCUT2D eigenvalue weighted by Crippen LogP contribution is -2.24. The number of fused-ring (bicyclic) bond motifs is 1. The summed E-state index contributed by atoms with van der Waals surface area (Å²) in [5, 5.41) is 0. The van der Waals surface area contributed by atoms with Crippen LogP contribution in [0.5, 0.6) is 5.75 Å². The molecular formula is C20H17N3O3. The number of carbonyl (C=O) groups is 2. The molecule has 26 heavy (non-hydrogen) atoms. The minimum atomic E-state index is -0.523. The highest BCUT2D eigenvalue weighted by Gasteiger charge is 2.40. The van der Waals surface area contributed by atoms with Crippen LogP contribution in [0.2, 0.25) is 0 Å². The first-order valence-corrected chi connectivity index (χ1v) is 8.15. The number of carbonyl (C=O) groups excluding carboxylic acids is 2. The molecule has 0 saturated carbocycles. The zero-order valence-corrected chi connectivity index (χ0v) is 14.1. The Labute approximate surface area is 150 Å². The van der Waals surface area contributed by atoms with Crippen LogP contribution in [-0.2, 0) is 4.79 Å². The summed E-state index contributed by atoms with van der Waals surface area (Å²) >= 11 is 0. The quantitative estimate of drug-likeness (QED) is 0.760. The number of nitrogens with one attached hydrogen (secondary N) is 1. The number of hydrogen-bond donors (Lipinski definition) is 2. The van der Waals surface area contributed by atoms with Crippen LogP contribution in [0.3, 0.4) is 0 Å². The molecule has 0 saturated heterocycles. The summed E-state index contributed by atoms with van der Waals surface area (Å²) in [4.78, 5) is 29.7. The van der Waals surface area contributed by atoms with Gasteiger partial charge in [-0.1, -0.05) is 6.07 Å². The first kappa shape index (κ1) is 16.0. The molecule has 1 aliphatic rings. The first-order chi connectivity index (χ1) is 12.6. The SMILES string of the molecule is COc1cccc(N2C(=O)C(c3ccc[nH]3)c3cc(C(N)=O)ccc32)c1. The number of methoxy groups -OCH3 is 1. The predicted octanol–water partition coefficient (Wildman–Crippen LogP) is 2.93. The number of aromatic nitrogens is 1. The van der Waals surface area contributed by atoms with E-state index in [-0.39, 0.29) is 5.91 Å². The van der Waals surface area contributed by atoms with E-state index in [9.17, 15) is 9.59 Å². The van der Waals surface area contributed by atoms with Crippen LogP contribution in [0.4, 0.5) is 11.4 Å². The second kappa shape index (κ2) is 6.07. The number of rotatable bonds is 4. The monoisotopic (exact) mass is 347 g/mol. The molecule has 1 unspecified atom stereocenters. The van der Waals surface area contributed by atoms with Crippen molar-refractivity contribution in [2.75, 3.05) is 12.0 Å². The van der Waals surface area contributed by atoms with E-state index >= 15 is 0 Å². The third-order valence-electron chi connectivity index (χ3n) is 4.58. The number of ether oxygens (including phenoxy) is 1. The molecule has 0 bridgehead atoms. The van der Waals surface area contributed by atoms with E-state index < -0.39 is 11.8 Å². The van der Waals surface area contributed by atoms with Crippen molar-refractivity contribution in [3.63, 3.8) is 0 Å². The fraction of sp³-hybridized carbons (Fsp3) is 0.100. The van der Waals surface area contributed by atoms with E-state index in [1.807, 2.05) is 30.3 Å². The summed E-state index contributed by atoms with van der Waals surface area (Å²) in [7, 11) is 1.58. The van der Waals surface area contributed by atoms with Crippen LogP contribution in [0.25, 0.3) is 0 Å². The maximum atomic E-state index is 13.3. The second-order valence-electron chi connectivity index (χ2n) is 6.07. The summed E-state index contributed by atoms with van der Waals surface area (Å²) < 4.78 is 5.28. The van der Waals surface area contributed by atoms with Crippen molar-refractivity contribution in [1.29, 1.82) is 0 Å². The molecule has 2 aromatic carbocycles. The van der Waals surface area contributed by atoms with Gasteiger partial charge in [0.1, 0.15) is 11.7 Å². The van der Waals surface area contributed by atoms with Crippen molar-refractivity contribution in [2.24, 2.45) is 5.73 Å². The molecule has 2 heterocycles. The highest BCUT2D eigenvalue weighted by molar-refractivity contribution is 6.12. The van der Waals surface area contributed by atoms with Crippen molar-refractivity contribution < 1.29 is 14.3 Å². The van der Waals surface area contributed by atoms with Crippen LogP contribution in [0.15, 0.2) is 60.8 Å².